The Balaban J connectivity index is 2.75. The van der Waals surface area contributed by atoms with E-state index in [1.54, 1.807) is 11.9 Å². The number of H-pyrrole nitrogens is 1. The van der Waals surface area contributed by atoms with Gasteiger partial charge in [-0.3, -0.25) is 10.1 Å². The van der Waals surface area contributed by atoms with Crippen molar-refractivity contribution in [3.05, 3.63) is 11.8 Å². The molecule has 0 aliphatic rings. The highest BCUT2D eigenvalue weighted by atomic mass is 35.5. The van der Waals surface area contributed by atoms with Crippen molar-refractivity contribution in [1.29, 1.82) is 0 Å². The Labute approximate surface area is 120 Å². The van der Waals surface area contributed by atoms with E-state index in [-0.39, 0.29) is 18.0 Å². The minimum absolute atomic E-state index is 0.238. The van der Waals surface area contributed by atoms with Crippen LogP contribution in [0.5, 0.6) is 0 Å². The first-order chi connectivity index (χ1) is 9.22. The summed E-state index contributed by atoms with van der Waals surface area (Å²) < 4.78 is 4.87. The number of hydrogen-bond donors (Lipinski definition) is 1. The van der Waals surface area contributed by atoms with Gasteiger partial charge >= 0.3 is 5.97 Å². The Hall–Kier alpha value is -1.34. The fourth-order valence-corrected chi connectivity index (χ4v) is 1.61. The first kappa shape index (κ1) is 15.7. The van der Waals surface area contributed by atoms with Crippen molar-refractivity contribution in [2.24, 2.45) is 10.3 Å². The minimum atomic E-state index is -0.494. The van der Waals surface area contributed by atoms with Gasteiger partial charge in [-0.1, -0.05) is 5.22 Å². The molecule has 0 saturated heterocycles. The number of aromatic nitrogens is 2. The van der Waals surface area contributed by atoms with Crippen LogP contribution in [0.4, 0.5) is 5.82 Å². The second-order valence-electron chi connectivity index (χ2n) is 3.37. The van der Waals surface area contributed by atoms with Crippen LogP contribution in [0.3, 0.4) is 0 Å². The van der Waals surface area contributed by atoms with Crippen LogP contribution in [0, 0.1) is 0 Å². The molecule has 1 aromatic heterocycles. The molecule has 0 bridgehead atoms. The summed E-state index contributed by atoms with van der Waals surface area (Å²) in [7, 11) is 0. The number of ether oxygens (including phenoxy) is 1. The maximum absolute atomic E-state index is 11.6. The van der Waals surface area contributed by atoms with E-state index in [4.69, 9.17) is 27.9 Å². The van der Waals surface area contributed by atoms with Crippen LogP contribution in [-0.4, -0.2) is 52.6 Å². The summed E-state index contributed by atoms with van der Waals surface area (Å²) in [6.07, 6.45) is 1.35. The quantitative estimate of drug-likeness (QED) is 0.346. The summed E-state index contributed by atoms with van der Waals surface area (Å²) in [6, 6.07) is 0. The third kappa shape index (κ3) is 5.04. The number of hydrogen-bond acceptors (Lipinski definition) is 5. The summed E-state index contributed by atoms with van der Waals surface area (Å²) in [5, 5.41) is 15.8. The van der Waals surface area contributed by atoms with Crippen LogP contribution in [0.15, 0.2) is 16.5 Å². The average molecular weight is 308 g/mol. The molecule has 1 rings (SSSR count). The molecule has 0 atom stereocenters. The largest absolute Gasteiger partial charge is 0.462 e. The lowest BCUT2D eigenvalue weighted by Gasteiger charge is -2.13. The molecule has 9 heteroatoms. The second-order valence-corrected chi connectivity index (χ2v) is 4.13. The van der Waals surface area contributed by atoms with Gasteiger partial charge in [0.15, 0.2) is 5.82 Å². The molecule has 0 radical (unpaired) electrons. The van der Waals surface area contributed by atoms with Crippen molar-refractivity contribution in [2.45, 2.75) is 6.92 Å². The minimum Gasteiger partial charge on any atom is -0.462 e. The molecule has 1 heterocycles. The average Bonchev–Trinajstić information content (AvgIpc) is 2.85. The molecule has 0 unspecified atom stereocenters. The molecule has 0 amide bonds. The SMILES string of the molecule is CCOC(=O)c1cn[nH]c1/N=N/N(CCCl)CCCl. The van der Waals surface area contributed by atoms with Crippen molar-refractivity contribution >= 4 is 35.0 Å². The Bertz CT molecular complexity index is 418. The maximum atomic E-state index is 11.6. The molecule has 0 spiro atoms. The molecular weight excluding hydrogens is 293 g/mol. The number of carbonyl (C=O) groups excluding carboxylic acids is 1. The van der Waals surface area contributed by atoms with Crippen LogP contribution in [0.2, 0.25) is 0 Å². The lowest BCUT2D eigenvalue weighted by molar-refractivity contribution is 0.0527. The van der Waals surface area contributed by atoms with Gasteiger partial charge in [0.25, 0.3) is 0 Å². The predicted octanol–water partition coefficient (Wildman–Crippen LogP) is 2.36. The van der Waals surface area contributed by atoms with Crippen LogP contribution in [0.1, 0.15) is 17.3 Å². The highest BCUT2D eigenvalue weighted by molar-refractivity contribution is 6.18. The molecule has 19 heavy (non-hydrogen) atoms. The smallest absolute Gasteiger partial charge is 0.343 e. The lowest BCUT2D eigenvalue weighted by Crippen LogP contribution is -2.21. The van der Waals surface area contributed by atoms with E-state index in [1.807, 2.05) is 0 Å². The molecule has 0 aliphatic carbocycles. The van der Waals surface area contributed by atoms with Crippen molar-refractivity contribution < 1.29 is 9.53 Å². The van der Waals surface area contributed by atoms with Crippen molar-refractivity contribution in [2.75, 3.05) is 31.5 Å². The molecule has 1 aromatic rings. The first-order valence-corrected chi connectivity index (χ1v) is 6.78. The van der Waals surface area contributed by atoms with E-state index in [0.29, 0.717) is 24.8 Å². The number of alkyl halides is 2. The zero-order chi connectivity index (χ0) is 14.1. The Morgan fingerprint density at radius 2 is 2.16 bits per heavy atom. The summed E-state index contributed by atoms with van der Waals surface area (Å²) >= 11 is 11.3. The maximum Gasteiger partial charge on any atom is 0.343 e. The Morgan fingerprint density at radius 1 is 1.47 bits per heavy atom. The van der Waals surface area contributed by atoms with E-state index in [9.17, 15) is 4.79 Å². The number of rotatable bonds is 8. The molecule has 7 nitrogen and oxygen atoms in total. The molecule has 0 fully saturated rings. The fourth-order valence-electron chi connectivity index (χ4n) is 1.22. The molecule has 106 valence electrons. The number of halogens is 2. The zero-order valence-corrected chi connectivity index (χ0v) is 12.0. The van der Waals surface area contributed by atoms with E-state index in [2.05, 4.69) is 20.5 Å². The normalized spacial score (nSPS) is 10.9. The highest BCUT2D eigenvalue weighted by Crippen LogP contribution is 2.16. The number of carbonyl (C=O) groups is 1. The van der Waals surface area contributed by atoms with Gasteiger partial charge in [0, 0.05) is 11.8 Å². The van der Waals surface area contributed by atoms with Gasteiger partial charge in [0.2, 0.25) is 0 Å². The predicted molar refractivity (Wildman–Crippen MR) is 72.1 cm³/mol. The highest BCUT2D eigenvalue weighted by Gasteiger charge is 2.14. The van der Waals surface area contributed by atoms with Gasteiger partial charge in [0.1, 0.15) is 5.56 Å². The van der Waals surface area contributed by atoms with Gasteiger partial charge in [-0.25, -0.2) is 4.79 Å². The van der Waals surface area contributed by atoms with Gasteiger partial charge in [-0.05, 0) is 6.92 Å². The monoisotopic (exact) mass is 307 g/mol. The summed E-state index contributed by atoms with van der Waals surface area (Å²) in [5.41, 5.74) is 0.238. The fraction of sp³-hybridized carbons (Fsp3) is 0.600. The Morgan fingerprint density at radius 3 is 2.74 bits per heavy atom. The van der Waals surface area contributed by atoms with E-state index >= 15 is 0 Å². The number of nitrogens with zero attached hydrogens (tertiary/aromatic N) is 4. The molecule has 0 aromatic carbocycles. The lowest BCUT2D eigenvalue weighted by atomic mass is 10.3. The number of esters is 1. The summed E-state index contributed by atoms with van der Waals surface area (Å²) in [4.78, 5) is 11.6. The van der Waals surface area contributed by atoms with Crippen molar-refractivity contribution in [1.82, 2.24) is 15.2 Å². The standard InChI is InChI=1S/C10H15Cl2N5O2/c1-2-19-10(18)8-7-13-14-9(8)15-16-17(5-3-11)6-4-12/h7H,2-6H2,1H3,(H,13,14)/b16-15+. The summed E-state index contributed by atoms with van der Waals surface area (Å²) in [5.74, 6) is 0.562. The summed E-state index contributed by atoms with van der Waals surface area (Å²) in [6.45, 7) is 3.04. The van der Waals surface area contributed by atoms with Crippen LogP contribution < -0.4 is 0 Å². The zero-order valence-electron chi connectivity index (χ0n) is 10.5. The van der Waals surface area contributed by atoms with E-state index in [0.717, 1.165) is 0 Å². The second kappa shape index (κ2) is 8.71. The van der Waals surface area contributed by atoms with Gasteiger partial charge < -0.3 is 4.74 Å². The van der Waals surface area contributed by atoms with E-state index in [1.165, 1.54) is 6.20 Å². The van der Waals surface area contributed by atoms with Gasteiger partial charge in [-0.15, -0.1) is 28.3 Å². The van der Waals surface area contributed by atoms with Crippen LogP contribution >= 0.6 is 23.2 Å². The third-order valence-corrected chi connectivity index (χ3v) is 2.41. The van der Waals surface area contributed by atoms with Crippen LogP contribution in [0.25, 0.3) is 0 Å². The van der Waals surface area contributed by atoms with Gasteiger partial charge in [0.05, 0.1) is 25.9 Å². The van der Waals surface area contributed by atoms with Crippen LogP contribution in [-0.2, 0) is 4.74 Å². The van der Waals surface area contributed by atoms with Crippen molar-refractivity contribution in [3.63, 3.8) is 0 Å². The molecule has 0 saturated carbocycles. The molecular formula is C10H15Cl2N5O2. The Kier molecular flexibility index (Phi) is 7.20. The van der Waals surface area contributed by atoms with Crippen molar-refractivity contribution in [3.8, 4) is 0 Å². The third-order valence-electron chi connectivity index (χ3n) is 2.07. The van der Waals surface area contributed by atoms with Gasteiger partial charge in [-0.2, -0.15) is 5.10 Å². The first-order valence-electron chi connectivity index (χ1n) is 5.72. The molecule has 0 aliphatic heterocycles. The number of nitrogens with one attached hydrogen (secondary N) is 1. The van der Waals surface area contributed by atoms with E-state index < -0.39 is 5.97 Å². The topological polar surface area (TPSA) is 82.9 Å². The molecule has 1 N–H and O–H groups in total. The number of aromatic amines is 1.